The average molecular weight is 711 g/mol. The number of nitriles is 1. The molecule has 2 aliphatic rings. The summed E-state index contributed by atoms with van der Waals surface area (Å²) < 4.78 is 56.4. The van der Waals surface area contributed by atoms with E-state index in [9.17, 15) is 23.5 Å². The predicted octanol–water partition coefficient (Wildman–Crippen LogP) is 6.56. The Morgan fingerprint density at radius 3 is 2.50 bits per heavy atom. The van der Waals surface area contributed by atoms with Gasteiger partial charge in [0, 0.05) is 63.2 Å². The van der Waals surface area contributed by atoms with Gasteiger partial charge in [0.15, 0.2) is 0 Å². The van der Waals surface area contributed by atoms with Crippen LogP contribution in [0.25, 0.3) is 22.3 Å². The second kappa shape index (κ2) is 13.7. The molecule has 0 amide bonds. The fraction of sp³-hybridized carbons (Fsp3) is 0.571. The van der Waals surface area contributed by atoms with Crippen LogP contribution in [0.5, 0.6) is 5.88 Å². The van der Waals surface area contributed by atoms with Crippen LogP contribution >= 0.6 is 0 Å². The SMILES string of the molecule is CC(C)(O)c1cc(O[C@H]2CC[C@@H](N3CC(CC#N)(n4cc(-c5ncnc6c5ccn6COCC[Si](C)(C)C)cn4)C3)CC2)nc(C(F)(F)F)c1. The summed E-state index contributed by atoms with van der Waals surface area (Å²) in [6.45, 7) is 12.3. The first-order valence-electron chi connectivity index (χ1n) is 17.1. The molecule has 11 nitrogen and oxygen atoms in total. The summed E-state index contributed by atoms with van der Waals surface area (Å²) >= 11 is 0. The zero-order chi connectivity index (χ0) is 35.9. The molecule has 5 heterocycles. The van der Waals surface area contributed by atoms with E-state index in [4.69, 9.17) is 14.6 Å². The van der Waals surface area contributed by atoms with Crippen molar-refractivity contribution < 1.29 is 27.8 Å². The fourth-order valence-corrected chi connectivity index (χ4v) is 7.56. The Morgan fingerprint density at radius 2 is 1.84 bits per heavy atom. The molecule has 0 spiro atoms. The maximum atomic E-state index is 13.5. The molecular weight excluding hydrogens is 666 g/mol. The number of aromatic nitrogens is 6. The van der Waals surface area contributed by atoms with Gasteiger partial charge in [-0.25, -0.2) is 15.0 Å². The van der Waals surface area contributed by atoms with Crippen LogP contribution in [0.1, 0.15) is 57.2 Å². The fourth-order valence-electron chi connectivity index (χ4n) is 6.80. The number of pyridine rings is 1. The van der Waals surface area contributed by atoms with Gasteiger partial charge in [0.05, 0.1) is 30.0 Å². The first-order valence-corrected chi connectivity index (χ1v) is 20.8. The number of ether oxygens (including phenoxy) is 2. The molecule has 15 heteroatoms. The van der Waals surface area contributed by atoms with Crippen molar-refractivity contribution in [2.24, 2.45) is 0 Å². The lowest BCUT2D eigenvalue weighted by Gasteiger charge is -2.53. The van der Waals surface area contributed by atoms with Crippen LogP contribution < -0.4 is 4.74 Å². The number of nitrogens with zero attached hydrogens (tertiary/aromatic N) is 8. The quantitative estimate of drug-likeness (QED) is 0.128. The standard InChI is InChI=1S/C35H45F3N8O3Si/c1-33(2,47)25-16-29(35(36,37)38)43-30(17-25)49-27-8-6-26(7-9-27)45-20-34(21-45,11-12-39)46-19-24(18-42-46)31-28-10-13-44(32(28)41-22-40-31)23-48-14-15-50(3,4)5/h10,13,16-19,22,26-27,47H,6-9,11,14-15,20-21,23H2,1-5H3/t26-,27+. The van der Waals surface area contributed by atoms with Crippen LogP contribution in [0, 0.1) is 11.3 Å². The Morgan fingerprint density at radius 1 is 1.10 bits per heavy atom. The molecule has 1 aliphatic heterocycles. The third kappa shape index (κ3) is 7.88. The summed E-state index contributed by atoms with van der Waals surface area (Å²) in [7, 11) is -1.18. The van der Waals surface area contributed by atoms with Gasteiger partial charge in [0.2, 0.25) is 5.88 Å². The van der Waals surface area contributed by atoms with Crippen molar-refractivity contribution in [3.8, 4) is 23.2 Å². The highest BCUT2D eigenvalue weighted by molar-refractivity contribution is 6.76. The molecular formula is C35H45F3N8O3Si. The summed E-state index contributed by atoms with van der Waals surface area (Å²) in [4.78, 5) is 15.2. The molecule has 50 heavy (non-hydrogen) atoms. The molecule has 4 aromatic heterocycles. The molecule has 4 aromatic rings. The second-order valence-electron chi connectivity index (χ2n) is 15.4. The van der Waals surface area contributed by atoms with Gasteiger partial charge in [-0.3, -0.25) is 9.58 Å². The molecule has 0 bridgehead atoms. The van der Waals surface area contributed by atoms with Gasteiger partial charge in [0.1, 0.15) is 36.0 Å². The number of alkyl halides is 3. The van der Waals surface area contributed by atoms with Crippen molar-refractivity contribution >= 4 is 19.1 Å². The van der Waals surface area contributed by atoms with Crippen molar-refractivity contribution in [3.63, 3.8) is 0 Å². The highest BCUT2D eigenvalue weighted by Crippen LogP contribution is 2.39. The normalized spacial score (nSPS) is 20.1. The van der Waals surface area contributed by atoms with Crippen LogP contribution in [-0.4, -0.2) is 79.2 Å². The minimum atomic E-state index is -4.66. The number of halogens is 3. The van der Waals surface area contributed by atoms with E-state index in [1.54, 1.807) is 12.5 Å². The maximum Gasteiger partial charge on any atom is 0.433 e. The second-order valence-corrected chi connectivity index (χ2v) is 21.0. The maximum absolute atomic E-state index is 13.5. The number of rotatable bonds is 12. The van der Waals surface area contributed by atoms with Crippen molar-refractivity contribution in [2.45, 2.75) is 108 Å². The lowest BCUT2D eigenvalue weighted by atomic mass is 9.82. The van der Waals surface area contributed by atoms with E-state index in [0.717, 1.165) is 53.8 Å². The average Bonchev–Trinajstić information content (AvgIpc) is 3.68. The van der Waals surface area contributed by atoms with Crippen LogP contribution in [-0.2, 0) is 28.8 Å². The molecule has 1 saturated carbocycles. The number of fused-ring (bicyclic) bond motifs is 1. The van der Waals surface area contributed by atoms with Gasteiger partial charge < -0.3 is 19.1 Å². The van der Waals surface area contributed by atoms with E-state index in [2.05, 4.69) is 45.6 Å². The molecule has 0 radical (unpaired) electrons. The third-order valence-electron chi connectivity index (χ3n) is 9.77. The van der Waals surface area contributed by atoms with Crippen molar-refractivity contribution in [1.82, 2.24) is 34.2 Å². The van der Waals surface area contributed by atoms with E-state index in [1.165, 1.54) is 19.9 Å². The lowest BCUT2D eigenvalue weighted by molar-refractivity contribution is -0.141. The van der Waals surface area contributed by atoms with Crippen LogP contribution in [0.3, 0.4) is 0 Å². The molecule has 2 fully saturated rings. The summed E-state index contributed by atoms with van der Waals surface area (Å²) in [5.74, 6) is -0.129. The number of likely N-dealkylation sites (tertiary alicyclic amines) is 1. The monoisotopic (exact) mass is 710 g/mol. The van der Waals surface area contributed by atoms with Crippen molar-refractivity contribution in [3.05, 3.63) is 54.4 Å². The first-order chi connectivity index (χ1) is 23.5. The van der Waals surface area contributed by atoms with Crippen LogP contribution in [0.4, 0.5) is 13.2 Å². The van der Waals surface area contributed by atoms with Crippen molar-refractivity contribution in [2.75, 3.05) is 19.7 Å². The Bertz CT molecular complexity index is 1810. The number of aliphatic hydroxyl groups is 1. The minimum absolute atomic E-state index is 0.0973. The third-order valence-corrected chi connectivity index (χ3v) is 11.5. The summed E-state index contributed by atoms with van der Waals surface area (Å²) in [5.41, 5.74) is -0.530. The van der Waals surface area contributed by atoms with Gasteiger partial charge in [-0.15, -0.1) is 0 Å². The molecule has 0 unspecified atom stereocenters. The highest BCUT2D eigenvalue weighted by atomic mass is 28.3. The van der Waals surface area contributed by atoms with Crippen LogP contribution in [0.2, 0.25) is 25.7 Å². The smallest absolute Gasteiger partial charge is 0.433 e. The molecule has 1 N–H and O–H groups in total. The first kappa shape index (κ1) is 36.0. The number of hydrogen-bond acceptors (Lipinski definition) is 9. The van der Waals surface area contributed by atoms with E-state index in [-0.39, 0.29) is 23.6 Å². The summed E-state index contributed by atoms with van der Waals surface area (Å²) in [6.07, 6.45) is 5.54. The topological polar surface area (TPSA) is 127 Å². The van der Waals surface area contributed by atoms with Gasteiger partial charge in [-0.05, 0) is 63.3 Å². The molecule has 1 saturated heterocycles. The number of hydrogen-bond donors (Lipinski definition) is 1. The summed E-state index contributed by atoms with van der Waals surface area (Å²) in [6, 6.07) is 7.95. The van der Waals surface area contributed by atoms with Gasteiger partial charge in [0.25, 0.3) is 0 Å². The lowest BCUT2D eigenvalue weighted by Crippen LogP contribution is -2.65. The Labute approximate surface area is 291 Å². The Hall–Kier alpha value is -3.84. The van der Waals surface area contributed by atoms with Crippen molar-refractivity contribution in [1.29, 1.82) is 5.26 Å². The molecule has 268 valence electrons. The highest BCUT2D eigenvalue weighted by Gasteiger charge is 2.48. The Kier molecular flexibility index (Phi) is 9.86. The van der Waals surface area contributed by atoms with Gasteiger partial charge >= 0.3 is 6.18 Å². The van der Waals surface area contributed by atoms with Gasteiger partial charge in [-0.1, -0.05) is 19.6 Å². The Balaban J connectivity index is 1.08. The van der Waals surface area contributed by atoms with E-state index in [1.807, 2.05) is 27.7 Å². The predicted molar refractivity (Wildman–Crippen MR) is 184 cm³/mol. The molecule has 0 aromatic carbocycles. The molecule has 6 rings (SSSR count). The van der Waals surface area contributed by atoms with E-state index < -0.39 is 31.1 Å². The molecule has 0 atom stereocenters. The minimum Gasteiger partial charge on any atom is -0.474 e. The van der Waals surface area contributed by atoms with Gasteiger partial charge in [-0.2, -0.15) is 23.5 Å². The van der Waals surface area contributed by atoms with E-state index >= 15 is 0 Å². The zero-order valence-electron chi connectivity index (χ0n) is 29.2. The van der Waals surface area contributed by atoms with E-state index in [0.29, 0.717) is 39.1 Å². The summed E-state index contributed by atoms with van der Waals surface area (Å²) in [5, 5.41) is 25.8. The molecule has 1 aliphatic carbocycles. The zero-order valence-corrected chi connectivity index (χ0v) is 30.2. The largest absolute Gasteiger partial charge is 0.474 e. The van der Waals surface area contributed by atoms with Crippen LogP contribution in [0.15, 0.2) is 43.1 Å².